The Hall–Kier alpha value is -2.27. The number of anilines is 1. The molecule has 3 nitrogen and oxygen atoms in total. The van der Waals surface area contributed by atoms with Gasteiger partial charge in [0.1, 0.15) is 11.6 Å². The molecule has 0 aliphatic heterocycles. The Morgan fingerprint density at radius 1 is 1.15 bits per heavy atom. The monoisotopic (exact) mass is 276 g/mol. The van der Waals surface area contributed by atoms with Crippen molar-refractivity contribution in [3.63, 3.8) is 0 Å². The minimum atomic E-state index is -0.817. The molecule has 0 heterocycles. The summed E-state index contributed by atoms with van der Waals surface area (Å²) in [6.07, 6.45) is 0. The maximum Gasteiger partial charge on any atom is 0.233 e. The van der Waals surface area contributed by atoms with Gasteiger partial charge in [-0.3, -0.25) is 4.79 Å². The summed E-state index contributed by atoms with van der Waals surface area (Å²) in [6.45, 7) is 0.0959. The van der Waals surface area contributed by atoms with Gasteiger partial charge in [0.2, 0.25) is 5.91 Å². The number of rotatable bonds is 4. The Kier molecular flexibility index (Phi) is 4.42. The number of hydrogen-bond donors (Lipinski definition) is 2. The van der Waals surface area contributed by atoms with Crippen LogP contribution < -0.4 is 11.1 Å². The summed E-state index contributed by atoms with van der Waals surface area (Å²) in [5.41, 5.74) is 6.29. The van der Waals surface area contributed by atoms with E-state index >= 15 is 0 Å². The summed E-state index contributed by atoms with van der Waals surface area (Å²) in [6, 6.07) is 12.0. The molecule has 0 saturated heterocycles. The third-order valence-electron chi connectivity index (χ3n) is 2.94. The van der Waals surface area contributed by atoms with E-state index in [-0.39, 0.29) is 12.2 Å². The first-order valence-electron chi connectivity index (χ1n) is 6.12. The lowest BCUT2D eigenvalue weighted by Gasteiger charge is -2.15. The van der Waals surface area contributed by atoms with E-state index in [0.717, 1.165) is 17.7 Å². The molecule has 0 aromatic heterocycles. The molecule has 0 bridgehead atoms. The highest BCUT2D eigenvalue weighted by Crippen LogP contribution is 2.19. The highest BCUT2D eigenvalue weighted by molar-refractivity contribution is 5.96. The van der Waals surface area contributed by atoms with Gasteiger partial charge < -0.3 is 11.1 Å². The summed E-state index contributed by atoms with van der Waals surface area (Å²) in [5.74, 6) is -2.52. The van der Waals surface area contributed by atoms with Gasteiger partial charge in [-0.15, -0.1) is 0 Å². The highest BCUT2D eigenvalue weighted by atomic mass is 19.1. The first-order valence-corrected chi connectivity index (χ1v) is 6.12. The molecule has 5 heteroatoms. The molecule has 20 heavy (non-hydrogen) atoms. The first-order chi connectivity index (χ1) is 9.61. The normalized spacial score (nSPS) is 11.9. The molecule has 0 aliphatic carbocycles. The molecule has 104 valence electrons. The van der Waals surface area contributed by atoms with Crippen LogP contribution in [-0.2, 0) is 4.79 Å². The van der Waals surface area contributed by atoms with Crippen LogP contribution in [0.15, 0.2) is 48.5 Å². The lowest BCUT2D eigenvalue weighted by atomic mass is 9.98. The standard InChI is InChI=1S/C15H14F2N2O/c16-11-6-7-14(13(17)8-11)19-15(20)12(9-18)10-4-2-1-3-5-10/h1-8,12H,9,18H2,(H,19,20). The Labute approximate surface area is 115 Å². The Balaban J connectivity index is 2.18. The molecular weight excluding hydrogens is 262 g/mol. The predicted octanol–water partition coefficient (Wildman–Crippen LogP) is 2.65. The van der Waals surface area contributed by atoms with E-state index in [0.29, 0.717) is 0 Å². The van der Waals surface area contributed by atoms with Crippen LogP contribution in [0.25, 0.3) is 0 Å². The van der Waals surface area contributed by atoms with Crippen LogP contribution in [-0.4, -0.2) is 12.5 Å². The van der Waals surface area contributed by atoms with Crippen LogP contribution in [0.1, 0.15) is 11.5 Å². The van der Waals surface area contributed by atoms with Crippen molar-refractivity contribution in [1.29, 1.82) is 0 Å². The predicted molar refractivity (Wildman–Crippen MR) is 73.2 cm³/mol. The maximum atomic E-state index is 13.5. The van der Waals surface area contributed by atoms with Crippen LogP contribution in [0.2, 0.25) is 0 Å². The largest absolute Gasteiger partial charge is 0.329 e. The van der Waals surface area contributed by atoms with Crippen LogP contribution in [0, 0.1) is 11.6 Å². The van der Waals surface area contributed by atoms with Gasteiger partial charge in [0.05, 0.1) is 11.6 Å². The molecule has 0 fully saturated rings. The Morgan fingerprint density at radius 2 is 1.85 bits per heavy atom. The fourth-order valence-corrected chi connectivity index (χ4v) is 1.89. The summed E-state index contributed by atoms with van der Waals surface area (Å²) in [4.78, 5) is 12.1. The second-order valence-corrected chi connectivity index (χ2v) is 4.31. The van der Waals surface area contributed by atoms with Crippen molar-refractivity contribution in [2.24, 2.45) is 5.73 Å². The van der Waals surface area contributed by atoms with Crippen LogP contribution in [0.5, 0.6) is 0 Å². The molecule has 0 saturated carbocycles. The third kappa shape index (κ3) is 3.19. The van der Waals surface area contributed by atoms with Crippen LogP contribution >= 0.6 is 0 Å². The van der Waals surface area contributed by atoms with Gasteiger partial charge in [0.25, 0.3) is 0 Å². The fraction of sp³-hybridized carbons (Fsp3) is 0.133. The molecule has 1 amide bonds. The molecule has 3 N–H and O–H groups in total. The number of nitrogens with two attached hydrogens (primary N) is 1. The molecule has 0 spiro atoms. The minimum Gasteiger partial charge on any atom is -0.329 e. The van der Waals surface area contributed by atoms with Crippen LogP contribution in [0.3, 0.4) is 0 Å². The van der Waals surface area contributed by atoms with E-state index in [1.165, 1.54) is 6.07 Å². The summed E-state index contributed by atoms with van der Waals surface area (Å²) >= 11 is 0. The number of amides is 1. The second kappa shape index (κ2) is 6.25. The first kappa shape index (κ1) is 14.1. The van der Waals surface area contributed by atoms with Gasteiger partial charge in [0.15, 0.2) is 0 Å². The molecule has 2 aromatic carbocycles. The molecule has 0 radical (unpaired) electrons. The van der Waals surface area contributed by atoms with Gasteiger partial charge >= 0.3 is 0 Å². The van der Waals surface area contributed by atoms with Crippen molar-refractivity contribution in [3.8, 4) is 0 Å². The second-order valence-electron chi connectivity index (χ2n) is 4.31. The zero-order valence-corrected chi connectivity index (χ0v) is 10.6. The van der Waals surface area contributed by atoms with E-state index < -0.39 is 23.5 Å². The number of nitrogens with one attached hydrogen (secondary N) is 1. The zero-order chi connectivity index (χ0) is 14.5. The number of hydrogen-bond acceptors (Lipinski definition) is 2. The average molecular weight is 276 g/mol. The van der Waals surface area contributed by atoms with Gasteiger partial charge in [-0.1, -0.05) is 30.3 Å². The lowest BCUT2D eigenvalue weighted by Crippen LogP contribution is -2.27. The summed E-state index contributed by atoms with van der Waals surface area (Å²) in [5, 5.41) is 2.43. The summed E-state index contributed by atoms with van der Waals surface area (Å²) < 4.78 is 26.3. The quantitative estimate of drug-likeness (QED) is 0.902. The molecular formula is C15H14F2N2O. The smallest absolute Gasteiger partial charge is 0.233 e. The highest BCUT2D eigenvalue weighted by Gasteiger charge is 2.20. The van der Waals surface area contributed by atoms with Gasteiger partial charge in [-0.05, 0) is 17.7 Å². The van der Waals surface area contributed by atoms with Gasteiger partial charge in [-0.2, -0.15) is 0 Å². The van der Waals surface area contributed by atoms with Crippen molar-refractivity contribution in [3.05, 3.63) is 65.7 Å². The summed E-state index contributed by atoms with van der Waals surface area (Å²) in [7, 11) is 0. The van der Waals surface area contributed by atoms with E-state index in [4.69, 9.17) is 5.73 Å². The van der Waals surface area contributed by atoms with E-state index in [1.54, 1.807) is 24.3 Å². The maximum absolute atomic E-state index is 13.5. The third-order valence-corrected chi connectivity index (χ3v) is 2.94. The topological polar surface area (TPSA) is 55.1 Å². The molecule has 2 aromatic rings. The SMILES string of the molecule is NCC(C(=O)Nc1ccc(F)cc1F)c1ccccc1. The Bertz CT molecular complexity index is 602. The zero-order valence-electron chi connectivity index (χ0n) is 10.6. The number of carbonyl (C=O) groups is 1. The fourth-order valence-electron chi connectivity index (χ4n) is 1.89. The molecule has 1 atom stereocenters. The van der Waals surface area contributed by atoms with E-state index in [1.807, 2.05) is 6.07 Å². The average Bonchev–Trinajstić information content (AvgIpc) is 2.44. The molecule has 0 aliphatic rings. The Morgan fingerprint density at radius 3 is 2.45 bits per heavy atom. The number of carbonyl (C=O) groups excluding carboxylic acids is 1. The van der Waals surface area contributed by atoms with Crippen molar-refractivity contribution >= 4 is 11.6 Å². The van der Waals surface area contributed by atoms with Crippen molar-refractivity contribution in [1.82, 2.24) is 0 Å². The molecule has 1 unspecified atom stereocenters. The van der Waals surface area contributed by atoms with Crippen molar-refractivity contribution < 1.29 is 13.6 Å². The van der Waals surface area contributed by atoms with Crippen molar-refractivity contribution in [2.45, 2.75) is 5.92 Å². The van der Waals surface area contributed by atoms with E-state index in [9.17, 15) is 13.6 Å². The lowest BCUT2D eigenvalue weighted by molar-refractivity contribution is -0.117. The van der Waals surface area contributed by atoms with Gasteiger partial charge in [0, 0.05) is 12.6 Å². The van der Waals surface area contributed by atoms with Crippen LogP contribution in [0.4, 0.5) is 14.5 Å². The molecule has 2 rings (SSSR count). The van der Waals surface area contributed by atoms with E-state index in [2.05, 4.69) is 5.32 Å². The number of halogens is 2. The number of benzene rings is 2. The van der Waals surface area contributed by atoms with Gasteiger partial charge in [-0.25, -0.2) is 8.78 Å². The van der Waals surface area contributed by atoms with Crippen molar-refractivity contribution in [2.75, 3.05) is 11.9 Å². The minimum absolute atomic E-state index is 0.0641.